The van der Waals surface area contributed by atoms with E-state index in [2.05, 4.69) is 50.9 Å². The predicted octanol–water partition coefficient (Wildman–Crippen LogP) is 3.79. The third-order valence-electron chi connectivity index (χ3n) is 3.66. The molecule has 1 aromatic heterocycles. The van der Waals surface area contributed by atoms with Gasteiger partial charge in [0.25, 0.3) is 0 Å². The van der Waals surface area contributed by atoms with E-state index in [1.165, 1.54) is 18.4 Å². The number of furan rings is 1. The Bertz CT molecular complexity index is 413. The fourth-order valence-corrected chi connectivity index (χ4v) is 2.46. The molecule has 1 saturated carbocycles. The van der Waals surface area contributed by atoms with Crippen molar-refractivity contribution in [1.29, 1.82) is 0 Å². The lowest BCUT2D eigenvalue weighted by Gasteiger charge is -2.24. The first kappa shape index (κ1) is 15.6. The van der Waals surface area contributed by atoms with Crippen LogP contribution in [0.15, 0.2) is 16.7 Å². The summed E-state index contributed by atoms with van der Waals surface area (Å²) in [6.07, 6.45) is 4.53. The van der Waals surface area contributed by atoms with Crippen LogP contribution in [0.5, 0.6) is 0 Å². The predicted molar refractivity (Wildman–Crippen MR) is 83.6 cm³/mol. The number of hydrogen-bond acceptors (Lipinski definition) is 3. The summed E-state index contributed by atoms with van der Waals surface area (Å²) in [4.78, 5) is 2.59. The molecule has 0 atom stereocenters. The molecule has 0 radical (unpaired) electrons. The Balaban J connectivity index is 1.96. The highest BCUT2D eigenvalue weighted by molar-refractivity contribution is 5.17. The molecule has 0 aliphatic heterocycles. The highest BCUT2D eigenvalue weighted by Gasteiger charge is 2.30. The van der Waals surface area contributed by atoms with Crippen LogP contribution in [-0.4, -0.2) is 23.0 Å². The van der Waals surface area contributed by atoms with Gasteiger partial charge >= 0.3 is 0 Å². The molecule has 1 aliphatic carbocycles. The summed E-state index contributed by atoms with van der Waals surface area (Å²) in [6, 6.07) is 2.89. The summed E-state index contributed by atoms with van der Waals surface area (Å²) in [6.45, 7) is 14.2. The van der Waals surface area contributed by atoms with Crippen molar-refractivity contribution in [1.82, 2.24) is 10.2 Å². The Morgan fingerprint density at radius 3 is 2.60 bits per heavy atom. The zero-order chi connectivity index (χ0) is 14.8. The lowest BCUT2D eigenvalue weighted by molar-refractivity contribution is 0.208. The van der Waals surface area contributed by atoms with E-state index >= 15 is 0 Å². The van der Waals surface area contributed by atoms with Crippen molar-refractivity contribution >= 4 is 0 Å². The first-order chi connectivity index (χ1) is 9.35. The van der Waals surface area contributed by atoms with Crippen molar-refractivity contribution < 1.29 is 4.42 Å². The third-order valence-corrected chi connectivity index (χ3v) is 3.66. The van der Waals surface area contributed by atoms with Crippen LogP contribution in [0.1, 0.15) is 58.8 Å². The number of nitrogens with one attached hydrogen (secondary N) is 1. The van der Waals surface area contributed by atoms with Gasteiger partial charge in [-0.3, -0.25) is 4.90 Å². The average molecular weight is 278 g/mol. The molecule has 3 nitrogen and oxygen atoms in total. The molecule has 1 heterocycles. The minimum atomic E-state index is 0.142. The van der Waals surface area contributed by atoms with Gasteiger partial charge in [-0.2, -0.15) is 0 Å². The molecule has 2 rings (SSSR count). The monoisotopic (exact) mass is 278 g/mol. The minimum Gasteiger partial charge on any atom is -0.468 e. The van der Waals surface area contributed by atoms with Gasteiger partial charge in [0.15, 0.2) is 0 Å². The molecule has 0 unspecified atom stereocenters. The van der Waals surface area contributed by atoms with Gasteiger partial charge in [-0.15, -0.1) is 0 Å². The molecule has 1 N–H and O–H groups in total. The standard InChI is InChI=1S/C17H30N2O/c1-13(2)11-19(15-6-7-15)12-16-14(8-9-20-16)10-18-17(3,4)5/h8-9,13,15,18H,6-7,10-12H2,1-5H3. The molecule has 0 bridgehead atoms. The molecule has 0 amide bonds. The van der Waals surface area contributed by atoms with E-state index < -0.39 is 0 Å². The summed E-state index contributed by atoms with van der Waals surface area (Å²) in [5.74, 6) is 1.84. The van der Waals surface area contributed by atoms with E-state index in [0.717, 1.165) is 31.4 Å². The third kappa shape index (κ3) is 4.95. The van der Waals surface area contributed by atoms with Gasteiger partial charge in [0.2, 0.25) is 0 Å². The maximum absolute atomic E-state index is 5.74. The topological polar surface area (TPSA) is 28.4 Å². The molecule has 20 heavy (non-hydrogen) atoms. The maximum atomic E-state index is 5.74. The fraction of sp³-hybridized carbons (Fsp3) is 0.765. The van der Waals surface area contributed by atoms with Crippen LogP contribution in [0.25, 0.3) is 0 Å². The van der Waals surface area contributed by atoms with E-state index in [1.807, 2.05) is 6.26 Å². The molecule has 0 aromatic carbocycles. The molecule has 1 aromatic rings. The van der Waals surface area contributed by atoms with Gasteiger partial charge in [0.1, 0.15) is 5.76 Å². The van der Waals surface area contributed by atoms with Crippen molar-refractivity contribution in [2.24, 2.45) is 5.92 Å². The summed E-state index contributed by atoms with van der Waals surface area (Å²) in [7, 11) is 0. The zero-order valence-corrected chi connectivity index (χ0v) is 13.7. The molecular weight excluding hydrogens is 248 g/mol. The second-order valence-electron chi connectivity index (χ2n) is 7.53. The first-order valence-electron chi connectivity index (χ1n) is 7.89. The largest absolute Gasteiger partial charge is 0.468 e. The highest BCUT2D eigenvalue weighted by atomic mass is 16.3. The van der Waals surface area contributed by atoms with Gasteiger partial charge in [-0.25, -0.2) is 0 Å². The molecule has 1 fully saturated rings. The second kappa shape index (κ2) is 6.31. The Hall–Kier alpha value is -0.800. The summed E-state index contributed by atoms with van der Waals surface area (Å²) >= 11 is 0. The van der Waals surface area contributed by atoms with Crippen molar-refractivity contribution in [3.8, 4) is 0 Å². The van der Waals surface area contributed by atoms with Crippen molar-refractivity contribution in [2.45, 2.75) is 72.1 Å². The van der Waals surface area contributed by atoms with Gasteiger partial charge in [-0.1, -0.05) is 13.8 Å². The van der Waals surface area contributed by atoms with Crippen LogP contribution >= 0.6 is 0 Å². The molecule has 3 heteroatoms. The quantitative estimate of drug-likeness (QED) is 0.822. The van der Waals surface area contributed by atoms with Crippen LogP contribution in [-0.2, 0) is 13.1 Å². The maximum Gasteiger partial charge on any atom is 0.122 e. The van der Waals surface area contributed by atoms with E-state index in [-0.39, 0.29) is 5.54 Å². The van der Waals surface area contributed by atoms with Gasteiger partial charge in [-0.05, 0) is 45.6 Å². The smallest absolute Gasteiger partial charge is 0.122 e. The molecule has 0 spiro atoms. The number of hydrogen-bond donors (Lipinski definition) is 1. The Morgan fingerprint density at radius 2 is 2.05 bits per heavy atom. The Morgan fingerprint density at radius 1 is 1.35 bits per heavy atom. The van der Waals surface area contributed by atoms with Crippen molar-refractivity contribution in [3.05, 3.63) is 23.7 Å². The lowest BCUT2D eigenvalue weighted by Crippen LogP contribution is -2.35. The molecule has 0 saturated heterocycles. The van der Waals surface area contributed by atoms with Crippen LogP contribution in [0.4, 0.5) is 0 Å². The normalized spacial score (nSPS) is 16.4. The van der Waals surface area contributed by atoms with E-state index in [4.69, 9.17) is 4.42 Å². The Labute approximate surface area is 123 Å². The van der Waals surface area contributed by atoms with Crippen LogP contribution in [0.2, 0.25) is 0 Å². The highest BCUT2D eigenvalue weighted by Crippen LogP contribution is 2.29. The van der Waals surface area contributed by atoms with Gasteiger partial charge < -0.3 is 9.73 Å². The van der Waals surface area contributed by atoms with E-state index in [9.17, 15) is 0 Å². The summed E-state index contributed by atoms with van der Waals surface area (Å²) in [5.41, 5.74) is 1.44. The molecular formula is C17H30N2O. The summed E-state index contributed by atoms with van der Waals surface area (Å²) in [5, 5.41) is 3.55. The number of nitrogens with zero attached hydrogens (tertiary/aromatic N) is 1. The fourth-order valence-electron chi connectivity index (χ4n) is 2.46. The molecule has 1 aliphatic rings. The second-order valence-corrected chi connectivity index (χ2v) is 7.53. The minimum absolute atomic E-state index is 0.142. The zero-order valence-electron chi connectivity index (χ0n) is 13.7. The van der Waals surface area contributed by atoms with Crippen LogP contribution < -0.4 is 5.32 Å². The molecule has 114 valence electrons. The van der Waals surface area contributed by atoms with Crippen LogP contribution in [0.3, 0.4) is 0 Å². The first-order valence-corrected chi connectivity index (χ1v) is 7.89. The SMILES string of the molecule is CC(C)CN(Cc1occc1CNC(C)(C)C)C1CC1. The average Bonchev–Trinajstić information content (AvgIpc) is 3.06. The lowest BCUT2D eigenvalue weighted by atomic mass is 10.1. The van der Waals surface area contributed by atoms with E-state index in [1.54, 1.807) is 0 Å². The number of rotatable bonds is 7. The van der Waals surface area contributed by atoms with Gasteiger partial charge in [0.05, 0.1) is 12.8 Å². The Kier molecular flexibility index (Phi) is 4.92. The summed E-state index contributed by atoms with van der Waals surface area (Å²) < 4.78 is 5.74. The van der Waals surface area contributed by atoms with Gasteiger partial charge in [0, 0.05) is 30.2 Å². The van der Waals surface area contributed by atoms with E-state index in [0.29, 0.717) is 5.92 Å². The van der Waals surface area contributed by atoms with Crippen molar-refractivity contribution in [2.75, 3.05) is 6.54 Å². The van der Waals surface area contributed by atoms with Crippen molar-refractivity contribution in [3.63, 3.8) is 0 Å². The van der Waals surface area contributed by atoms with Crippen LogP contribution in [0, 0.1) is 5.92 Å².